The molecule has 1 aromatic carbocycles. The van der Waals surface area contributed by atoms with Crippen molar-refractivity contribution in [1.82, 2.24) is 0 Å². The third-order valence-corrected chi connectivity index (χ3v) is 4.96. The maximum atomic E-state index is 14.7. The highest BCUT2D eigenvalue weighted by molar-refractivity contribution is 5.90. The van der Waals surface area contributed by atoms with Gasteiger partial charge in [0.15, 0.2) is 11.6 Å². The number of methoxy groups -OCH3 is 1. The molecule has 11 heteroatoms. The SMILES string of the molecule is COCC1(O)CCN(c2c(F)cc(N3C[C@H](CN=[N+]=[N-])OC3=O)cc2F)CC1. The van der Waals surface area contributed by atoms with Crippen LogP contribution in [0.5, 0.6) is 0 Å². The molecule has 3 rings (SSSR count). The molecule has 1 amide bonds. The Kier molecular flexibility index (Phi) is 5.87. The third kappa shape index (κ3) is 4.11. The minimum atomic E-state index is -1.00. The van der Waals surface area contributed by atoms with Gasteiger partial charge in [-0.3, -0.25) is 4.90 Å². The normalized spacial score (nSPS) is 21.4. The quantitative estimate of drug-likeness (QED) is 0.451. The number of benzene rings is 1. The van der Waals surface area contributed by atoms with Gasteiger partial charge in [-0.15, -0.1) is 0 Å². The second-order valence-electron chi connectivity index (χ2n) is 6.93. The number of cyclic esters (lactones) is 1. The van der Waals surface area contributed by atoms with Crippen LogP contribution >= 0.6 is 0 Å². The molecule has 0 radical (unpaired) electrons. The zero-order valence-electron chi connectivity index (χ0n) is 15.3. The van der Waals surface area contributed by atoms with E-state index in [9.17, 15) is 18.7 Å². The first-order chi connectivity index (χ1) is 13.4. The number of ether oxygens (including phenoxy) is 2. The lowest BCUT2D eigenvalue weighted by atomic mass is 9.92. The van der Waals surface area contributed by atoms with Gasteiger partial charge in [0, 0.05) is 37.2 Å². The number of hydrogen-bond acceptors (Lipinski definition) is 6. The fourth-order valence-electron chi connectivity index (χ4n) is 3.52. The van der Waals surface area contributed by atoms with Crippen molar-refractivity contribution in [3.63, 3.8) is 0 Å². The van der Waals surface area contributed by atoms with Gasteiger partial charge in [0.05, 0.1) is 31.0 Å². The Morgan fingerprint density at radius 1 is 1.39 bits per heavy atom. The van der Waals surface area contributed by atoms with Crippen molar-refractivity contribution in [3.8, 4) is 0 Å². The Morgan fingerprint density at radius 3 is 2.61 bits per heavy atom. The van der Waals surface area contributed by atoms with Gasteiger partial charge in [0.1, 0.15) is 11.8 Å². The number of aliphatic hydroxyl groups is 1. The van der Waals surface area contributed by atoms with E-state index in [-0.39, 0.29) is 44.2 Å². The predicted molar refractivity (Wildman–Crippen MR) is 96.3 cm³/mol. The monoisotopic (exact) mass is 397 g/mol. The molecule has 0 bridgehead atoms. The van der Waals surface area contributed by atoms with E-state index in [2.05, 4.69) is 10.0 Å². The highest BCUT2D eigenvalue weighted by Crippen LogP contribution is 2.34. The van der Waals surface area contributed by atoms with Crippen LogP contribution in [0.25, 0.3) is 10.4 Å². The molecule has 2 heterocycles. The Bertz CT molecular complexity index is 771. The van der Waals surface area contributed by atoms with Gasteiger partial charge in [-0.05, 0) is 18.4 Å². The molecule has 2 fully saturated rings. The minimum Gasteiger partial charge on any atom is -0.444 e. The number of carbonyl (C=O) groups excluding carboxylic acids is 1. The van der Waals surface area contributed by atoms with Gasteiger partial charge in [0.2, 0.25) is 0 Å². The number of hydrogen-bond donors (Lipinski definition) is 1. The van der Waals surface area contributed by atoms with E-state index in [4.69, 9.17) is 15.0 Å². The number of carbonyl (C=O) groups is 1. The van der Waals surface area contributed by atoms with Crippen molar-refractivity contribution >= 4 is 17.5 Å². The molecule has 1 N–H and O–H groups in total. The zero-order chi connectivity index (χ0) is 20.3. The molecule has 0 unspecified atom stereocenters. The maximum Gasteiger partial charge on any atom is 0.414 e. The molecule has 1 atom stereocenters. The van der Waals surface area contributed by atoms with Crippen molar-refractivity contribution in [2.75, 3.05) is 49.7 Å². The Labute approximate surface area is 160 Å². The highest BCUT2D eigenvalue weighted by atomic mass is 19.1. The lowest BCUT2D eigenvalue weighted by Gasteiger charge is -2.39. The van der Waals surface area contributed by atoms with Crippen molar-refractivity contribution in [3.05, 3.63) is 34.2 Å². The predicted octanol–water partition coefficient (Wildman–Crippen LogP) is 2.58. The van der Waals surface area contributed by atoms with Crippen molar-refractivity contribution < 1.29 is 28.2 Å². The van der Waals surface area contributed by atoms with E-state index in [1.807, 2.05) is 0 Å². The van der Waals surface area contributed by atoms with E-state index in [0.717, 1.165) is 17.0 Å². The number of azide groups is 1. The summed E-state index contributed by atoms with van der Waals surface area (Å²) in [5.41, 5.74) is 7.18. The van der Waals surface area contributed by atoms with Gasteiger partial charge in [0.25, 0.3) is 0 Å². The van der Waals surface area contributed by atoms with E-state index in [1.54, 1.807) is 0 Å². The van der Waals surface area contributed by atoms with E-state index in [1.165, 1.54) is 12.0 Å². The van der Waals surface area contributed by atoms with Crippen LogP contribution in [0.15, 0.2) is 17.2 Å². The first-order valence-electron chi connectivity index (χ1n) is 8.81. The lowest BCUT2D eigenvalue weighted by Crippen LogP contribution is -2.47. The first kappa shape index (κ1) is 20.1. The van der Waals surface area contributed by atoms with E-state index in [0.29, 0.717) is 12.8 Å². The molecular formula is C17H21F2N5O4. The van der Waals surface area contributed by atoms with Gasteiger partial charge < -0.3 is 19.5 Å². The smallest absolute Gasteiger partial charge is 0.414 e. The minimum absolute atomic E-state index is 0.0279. The van der Waals surface area contributed by atoms with Crippen LogP contribution in [0, 0.1) is 11.6 Å². The number of rotatable bonds is 6. The summed E-state index contributed by atoms with van der Waals surface area (Å²) in [7, 11) is 1.49. The second-order valence-corrected chi connectivity index (χ2v) is 6.93. The second kappa shape index (κ2) is 8.17. The van der Waals surface area contributed by atoms with Crippen LogP contribution in [0.2, 0.25) is 0 Å². The van der Waals surface area contributed by atoms with Crippen molar-refractivity contribution in [2.45, 2.75) is 24.5 Å². The largest absolute Gasteiger partial charge is 0.444 e. The fraction of sp³-hybridized carbons (Fsp3) is 0.588. The highest BCUT2D eigenvalue weighted by Gasteiger charge is 2.36. The van der Waals surface area contributed by atoms with Crippen LogP contribution in [0.1, 0.15) is 12.8 Å². The number of anilines is 2. The first-order valence-corrected chi connectivity index (χ1v) is 8.81. The number of amides is 1. The molecule has 0 aromatic heterocycles. The van der Waals surface area contributed by atoms with Crippen LogP contribution in [-0.2, 0) is 9.47 Å². The molecule has 0 aliphatic carbocycles. The van der Waals surface area contributed by atoms with E-state index >= 15 is 0 Å². The molecule has 28 heavy (non-hydrogen) atoms. The molecule has 2 aliphatic rings. The molecule has 2 saturated heterocycles. The molecular weight excluding hydrogens is 376 g/mol. The Balaban J connectivity index is 1.75. The summed E-state index contributed by atoms with van der Waals surface area (Å²) >= 11 is 0. The zero-order valence-corrected chi connectivity index (χ0v) is 15.3. The Hall–Kier alpha value is -2.62. The molecule has 0 spiro atoms. The van der Waals surface area contributed by atoms with Crippen LogP contribution in [-0.4, -0.2) is 62.8 Å². The van der Waals surface area contributed by atoms with Gasteiger partial charge >= 0.3 is 6.09 Å². The maximum absolute atomic E-state index is 14.7. The average molecular weight is 397 g/mol. The fourth-order valence-corrected chi connectivity index (χ4v) is 3.52. The molecule has 0 saturated carbocycles. The van der Waals surface area contributed by atoms with Gasteiger partial charge in [-0.2, -0.15) is 0 Å². The summed E-state index contributed by atoms with van der Waals surface area (Å²) in [6.45, 7) is 0.683. The molecule has 2 aliphatic heterocycles. The number of piperidine rings is 1. The van der Waals surface area contributed by atoms with Crippen LogP contribution in [0.4, 0.5) is 25.0 Å². The van der Waals surface area contributed by atoms with Crippen molar-refractivity contribution in [2.24, 2.45) is 5.11 Å². The summed E-state index contributed by atoms with van der Waals surface area (Å²) in [6.07, 6.45) is -0.788. The van der Waals surface area contributed by atoms with Gasteiger partial charge in [-0.25, -0.2) is 13.6 Å². The molecule has 9 nitrogen and oxygen atoms in total. The number of halogens is 2. The van der Waals surface area contributed by atoms with Crippen LogP contribution in [0.3, 0.4) is 0 Å². The van der Waals surface area contributed by atoms with Crippen LogP contribution < -0.4 is 9.80 Å². The summed E-state index contributed by atoms with van der Waals surface area (Å²) < 4.78 is 39.4. The molecule has 152 valence electrons. The van der Waals surface area contributed by atoms with E-state index < -0.39 is 29.4 Å². The summed E-state index contributed by atoms with van der Waals surface area (Å²) in [4.78, 5) is 17.2. The standard InChI is InChI=1S/C17H21F2N5O4/c1-27-10-17(26)2-4-23(5-3-17)15-13(18)6-11(7-14(15)19)24-9-12(8-21-22-20)28-16(24)25/h6-7,12,26H,2-5,8-10H2,1H3/t12-/m0/s1. The lowest BCUT2D eigenvalue weighted by molar-refractivity contribution is -0.0473. The van der Waals surface area contributed by atoms with Gasteiger partial charge in [-0.1, -0.05) is 5.11 Å². The summed E-state index contributed by atoms with van der Waals surface area (Å²) in [5.74, 6) is -1.61. The topological polar surface area (TPSA) is 111 Å². The third-order valence-electron chi connectivity index (χ3n) is 4.96. The summed E-state index contributed by atoms with van der Waals surface area (Å²) in [5, 5.41) is 13.7. The molecule has 1 aromatic rings. The number of nitrogens with zero attached hydrogens (tertiary/aromatic N) is 5. The average Bonchev–Trinajstić information content (AvgIpc) is 3.02. The Morgan fingerprint density at radius 2 is 2.04 bits per heavy atom. The van der Waals surface area contributed by atoms with Crippen molar-refractivity contribution in [1.29, 1.82) is 0 Å². The summed E-state index contributed by atoms with van der Waals surface area (Å²) in [6, 6.07) is 2.15.